The Morgan fingerprint density at radius 2 is 2.21 bits per heavy atom. The van der Waals surface area contributed by atoms with E-state index in [4.69, 9.17) is 5.73 Å². The number of hydrogen-bond acceptors (Lipinski definition) is 3. The maximum Gasteiger partial charge on any atom is 0.165 e. The van der Waals surface area contributed by atoms with Crippen molar-refractivity contribution in [3.8, 4) is 0 Å². The third-order valence-electron chi connectivity index (χ3n) is 2.63. The summed E-state index contributed by atoms with van der Waals surface area (Å²) in [5.41, 5.74) is 8.19. The first kappa shape index (κ1) is 9.06. The summed E-state index contributed by atoms with van der Waals surface area (Å²) in [4.78, 5) is 13.8. The number of nitrogens with two attached hydrogens (primary N) is 1. The number of hydrogen-bond donors (Lipinski definition) is 1. The van der Waals surface area contributed by atoms with Crippen molar-refractivity contribution in [1.82, 2.24) is 0 Å². The van der Waals surface area contributed by atoms with E-state index in [9.17, 15) is 4.79 Å². The van der Waals surface area contributed by atoms with Gasteiger partial charge < -0.3 is 10.6 Å². The monoisotopic (exact) mass is 190 g/mol. The normalized spacial score (nSPS) is 16.4. The van der Waals surface area contributed by atoms with E-state index in [0.29, 0.717) is 12.1 Å². The largest absolute Gasteiger partial charge is 0.399 e. The highest BCUT2D eigenvalue weighted by molar-refractivity contribution is 6.02. The molecule has 0 atom stereocenters. The fourth-order valence-electron chi connectivity index (χ4n) is 1.83. The third kappa shape index (κ3) is 1.45. The van der Waals surface area contributed by atoms with Crippen molar-refractivity contribution in [3.63, 3.8) is 0 Å². The molecule has 0 saturated carbocycles. The highest BCUT2D eigenvalue weighted by Crippen LogP contribution is 2.27. The first-order valence-electron chi connectivity index (χ1n) is 4.82. The first-order chi connectivity index (χ1) is 6.68. The van der Waals surface area contributed by atoms with Crippen LogP contribution in [0.1, 0.15) is 23.2 Å². The second-order valence-corrected chi connectivity index (χ2v) is 3.72. The van der Waals surface area contributed by atoms with E-state index in [1.807, 2.05) is 19.2 Å². The van der Waals surface area contributed by atoms with Gasteiger partial charge in [0.15, 0.2) is 5.78 Å². The van der Waals surface area contributed by atoms with Crippen LogP contribution in [0, 0.1) is 0 Å². The summed E-state index contributed by atoms with van der Waals surface area (Å²) in [6, 6.07) is 5.49. The van der Waals surface area contributed by atoms with Gasteiger partial charge in [-0.25, -0.2) is 0 Å². The zero-order valence-corrected chi connectivity index (χ0v) is 8.29. The predicted molar refractivity (Wildman–Crippen MR) is 57.7 cm³/mol. The van der Waals surface area contributed by atoms with Crippen molar-refractivity contribution in [3.05, 3.63) is 23.8 Å². The molecule has 14 heavy (non-hydrogen) atoms. The van der Waals surface area contributed by atoms with Crippen LogP contribution in [-0.4, -0.2) is 19.4 Å². The number of anilines is 2. The zero-order valence-electron chi connectivity index (χ0n) is 8.29. The van der Waals surface area contributed by atoms with Gasteiger partial charge in [0.05, 0.1) is 0 Å². The van der Waals surface area contributed by atoms with Crippen LogP contribution in [-0.2, 0) is 0 Å². The third-order valence-corrected chi connectivity index (χ3v) is 2.63. The Balaban J connectivity index is 2.54. The number of nitrogens with zero attached hydrogens (tertiary/aromatic N) is 1. The fourth-order valence-corrected chi connectivity index (χ4v) is 1.83. The number of benzene rings is 1. The molecule has 0 radical (unpaired) electrons. The number of rotatable bonds is 0. The van der Waals surface area contributed by atoms with Gasteiger partial charge in [-0.05, 0) is 24.6 Å². The van der Waals surface area contributed by atoms with Gasteiger partial charge >= 0.3 is 0 Å². The Bertz CT molecular complexity index is 374. The highest BCUT2D eigenvalue weighted by Gasteiger charge is 2.18. The lowest BCUT2D eigenvalue weighted by Crippen LogP contribution is -2.17. The highest BCUT2D eigenvalue weighted by atomic mass is 16.1. The predicted octanol–water partition coefficient (Wildman–Crippen LogP) is 1.68. The summed E-state index contributed by atoms with van der Waals surface area (Å²) in [6.45, 7) is 0.919. The number of nitrogen functional groups attached to an aromatic ring is 1. The minimum Gasteiger partial charge on any atom is -0.399 e. The molecule has 0 spiro atoms. The van der Waals surface area contributed by atoms with Crippen LogP contribution in [0.2, 0.25) is 0 Å². The SMILES string of the molecule is CN1CCCC(=O)c2ccc(N)cc21. The molecule has 0 bridgehead atoms. The maximum atomic E-state index is 11.7. The molecule has 1 aromatic rings. The lowest BCUT2D eigenvalue weighted by atomic mass is 10.1. The van der Waals surface area contributed by atoms with Gasteiger partial charge in [-0.1, -0.05) is 0 Å². The van der Waals surface area contributed by atoms with E-state index in [0.717, 1.165) is 24.2 Å². The lowest BCUT2D eigenvalue weighted by Gasteiger charge is -2.18. The van der Waals surface area contributed by atoms with Crippen molar-refractivity contribution < 1.29 is 4.79 Å². The Labute approximate surface area is 83.5 Å². The molecule has 3 nitrogen and oxygen atoms in total. The van der Waals surface area contributed by atoms with Crippen LogP contribution in [0.5, 0.6) is 0 Å². The lowest BCUT2D eigenvalue weighted by molar-refractivity contribution is 0.0984. The summed E-state index contributed by atoms with van der Waals surface area (Å²) in [7, 11) is 2.00. The van der Waals surface area contributed by atoms with Gasteiger partial charge in [-0.3, -0.25) is 4.79 Å². The molecular weight excluding hydrogens is 176 g/mol. The zero-order chi connectivity index (χ0) is 10.1. The Hall–Kier alpha value is -1.51. The van der Waals surface area contributed by atoms with Crippen molar-refractivity contribution in [2.24, 2.45) is 0 Å². The van der Waals surface area contributed by atoms with E-state index in [1.165, 1.54) is 0 Å². The van der Waals surface area contributed by atoms with Gasteiger partial charge in [-0.15, -0.1) is 0 Å². The second-order valence-electron chi connectivity index (χ2n) is 3.72. The number of fused-ring (bicyclic) bond motifs is 1. The van der Waals surface area contributed by atoms with E-state index >= 15 is 0 Å². The van der Waals surface area contributed by atoms with Gasteiger partial charge in [0.2, 0.25) is 0 Å². The molecule has 1 heterocycles. The van der Waals surface area contributed by atoms with Gasteiger partial charge in [0.25, 0.3) is 0 Å². The van der Waals surface area contributed by atoms with Gasteiger partial charge in [0, 0.05) is 37.0 Å². The van der Waals surface area contributed by atoms with Crippen molar-refractivity contribution in [2.45, 2.75) is 12.8 Å². The van der Waals surface area contributed by atoms with Crippen molar-refractivity contribution >= 4 is 17.2 Å². The summed E-state index contributed by atoms with van der Waals surface area (Å²) in [5.74, 6) is 0.226. The smallest absolute Gasteiger partial charge is 0.165 e. The van der Waals surface area contributed by atoms with E-state index in [1.54, 1.807) is 6.07 Å². The van der Waals surface area contributed by atoms with E-state index < -0.39 is 0 Å². The second kappa shape index (κ2) is 3.33. The minimum atomic E-state index is 0.226. The number of ketones is 1. The molecule has 1 aromatic carbocycles. The van der Waals surface area contributed by atoms with Gasteiger partial charge in [-0.2, -0.15) is 0 Å². The quantitative estimate of drug-likeness (QED) is 0.633. The van der Waals surface area contributed by atoms with Gasteiger partial charge in [0.1, 0.15) is 0 Å². The average molecular weight is 190 g/mol. The molecule has 1 aliphatic rings. The number of Topliss-reactive ketones (excluding diaryl/α,β-unsaturated/α-hetero) is 1. The van der Waals surface area contributed by atoms with Crippen LogP contribution >= 0.6 is 0 Å². The van der Waals surface area contributed by atoms with Crippen LogP contribution in [0.3, 0.4) is 0 Å². The molecular formula is C11H14N2O. The van der Waals surface area contributed by atoms with Crippen LogP contribution < -0.4 is 10.6 Å². The molecule has 0 aromatic heterocycles. The number of carbonyl (C=O) groups excluding carboxylic acids is 1. The summed E-state index contributed by atoms with van der Waals surface area (Å²) in [5, 5.41) is 0. The van der Waals surface area contributed by atoms with E-state index in [2.05, 4.69) is 4.90 Å². The Kier molecular flexibility index (Phi) is 2.15. The molecule has 0 amide bonds. The average Bonchev–Trinajstić information content (AvgIpc) is 2.28. The standard InChI is InChI=1S/C11H14N2O/c1-13-6-2-3-11(14)9-5-4-8(12)7-10(9)13/h4-5,7H,2-3,6,12H2,1H3. The Morgan fingerprint density at radius 1 is 1.43 bits per heavy atom. The molecule has 0 aliphatic carbocycles. The Morgan fingerprint density at radius 3 is 3.00 bits per heavy atom. The minimum absolute atomic E-state index is 0.226. The van der Waals surface area contributed by atoms with E-state index in [-0.39, 0.29) is 5.78 Å². The maximum absolute atomic E-state index is 11.7. The topological polar surface area (TPSA) is 46.3 Å². The molecule has 0 fully saturated rings. The molecule has 0 unspecified atom stereocenters. The molecule has 0 saturated heterocycles. The summed E-state index contributed by atoms with van der Waals surface area (Å²) < 4.78 is 0. The molecule has 3 heteroatoms. The van der Waals surface area contributed by atoms with Crippen LogP contribution in [0.15, 0.2) is 18.2 Å². The summed E-state index contributed by atoms with van der Waals surface area (Å²) >= 11 is 0. The fraction of sp³-hybridized carbons (Fsp3) is 0.364. The molecule has 1 aliphatic heterocycles. The molecule has 2 N–H and O–H groups in total. The van der Waals surface area contributed by atoms with Crippen molar-refractivity contribution in [2.75, 3.05) is 24.2 Å². The van der Waals surface area contributed by atoms with Crippen LogP contribution in [0.4, 0.5) is 11.4 Å². The number of carbonyl (C=O) groups is 1. The van der Waals surface area contributed by atoms with Crippen molar-refractivity contribution in [1.29, 1.82) is 0 Å². The molecule has 74 valence electrons. The first-order valence-corrected chi connectivity index (χ1v) is 4.82. The van der Waals surface area contributed by atoms with Crippen LogP contribution in [0.25, 0.3) is 0 Å². The summed E-state index contributed by atoms with van der Waals surface area (Å²) in [6.07, 6.45) is 1.56. The molecule has 2 rings (SSSR count).